The molecule has 1 heterocycles. The van der Waals surface area contributed by atoms with Crippen LogP contribution >= 0.6 is 0 Å². The Morgan fingerprint density at radius 1 is 0.950 bits per heavy atom. The minimum absolute atomic E-state index is 0.503. The normalized spacial score (nSPS) is 10.2. The summed E-state index contributed by atoms with van der Waals surface area (Å²) in [6.07, 6.45) is 1.13. The Bertz CT molecular complexity index is 736. The summed E-state index contributed by atoms with van der Waals surface area (Å²) in [5.74, 6) is 0.503. The van der Waals surface area contributed by atoms with Crippen LogP contribution in [-0.2, 0) is 0 Å². The number of hydrogen-bond acceptors (Lipinski definition) is 3. The van der Waals surface area contributed by atoms with Crippen molar-refractivity contribution in [2.45, 2.75) is 0 Å². The molecular formula is C16H12N2O2. The number of carbonyl (C=O) groups is 1. The van der Waals surface area contributed by atoms with Crippen molar-refractivity contribution < 1.29 is 9.53 Å². The second-order valence-corrected chi connectivity index (χ2v) is 4.20. The minimum Gasteiger partial charge on any atom is -0.410 e. The number of amides is 1. The van der Waals surface area contributed by atoms with Crippen molar-refractivity contribution >= 4 is 22.7 Å². The highest BCUT2D eigenvalue weighted by molar-refractivity contribution is 5.98. The maximum atomic E-state index is 11.9. The molecule has 3 aromatic rings. The molecule has 1 aromatic heterocycles. The van der Waals surface area contributed by atoms with Crippen LogP contribution in [0, 0.1) is 0 Å². The van der Waals surface area contributed by atoms with Crippen LogP contribution in [0.5, 0.6) is 5.75 Å². The lowest BCUT2D eigenvalue weighted by molar-refractivity contribution is 0.215. The standard InChI is InChI=1S/C16H12N2O2/c19-16(20-12-6-2-1-3-7-12)18-15-10-11-17-14-9-5-4-8-13(14)15/h1-11H,(H,17,18,19). The fraction of sp³-hybridized carbons (Fsp3) is 0. The van der Waals surface area contributed by atoms with Crippen LogP contribution < -0.4 is 10.1 Å². The van der Waals surface area contributed by atoms with E-state index >= 15 is 0 Å². The van der Waals surface area contributed by atoms with Gasteiger partial charge in [-0.15, -0.1) is 0 Å². The largest absolute Gasteiger partial charge is 0.417 e. The lowest BCUT2D eigenvalue weighted by atomic mass is 10.2. The summed E-state index contributed by atoms with van der Waals surface area (Å²) in [6.45, 7) is 0. The van der Waals surface area contributed by atoms with Gasteiger partial charge < -0.3 is 4.74 Å². The van der Waals surface area contributed by atoms with Gasteiger partial charge in [0, 0.05) is 11.6 Å². The van der Waals surface area contributed by atoms with Crippen molar-refractivity contribution in [1.29, 1.82) is 0 Å². The van der Waals surface area contributed by atoms with Crippen molar-refractivity contribution in [3.63, 3.8) is 0 Å². The summed E-state index contributed by atoms with van der Waals surface area (Å²) in [5.41, 5.74) is 1.50. The van der Waals surface area contributed by atoms with Gasteiger partial charge in [0.1, 0.15) is 5.75 Å². The van der Waals surface area contributed by atoms with Crippen LogP contribution in [0.2, 0.25) is 0 Å². The van der Waals surface area contributed by atoms with Gasteiger partial charge in [0.15, 0.2) is 0 Å². The molecule has 1 amide bonds. The first-order valence-corrected chi connectivity index (χ1v) is 6.20. The molecule has 20 heavy (non-hydrogen) atoms. The Hall–Kier alpha value is -2.88. The van der Waals surface area contributed by atoms with Gasteiger partial charge in [0.05, 0.1) is 11.2 Å². The second kappa shape index (κ2) is 5.40. The SMILES string of the molecule is O=C(Nc1ccnc2ccccc12)Oc1ccccc1. The summed E-state index contributed by atoms with van der Waals surface area (Å²) in [7, 11) is 0. The van der Waals surface area contributed by atoms with Crippen LogP contribution in [0.4, 0.5) is 10.5 Å². The van der Waals surface area contributed by atoms with Crippen LogP contribution in [0.15, 0.2) is 66.9 Å². The summed E-state index contributed by atoms with van der Waals surface area (Å²) >= 11 is 0. The van der Waals surface area contributed by atoms with Gasteiger partial charge in [-0.25, -0.2) is 4.79 Å². The minimum atomic E-state index is -0.521. The number of rotatable bonds is 2. The molecule has 0 saturated carbocycles. The molecule has 3 rings (SSSR count). The molecule has 0 bridgehead atoms. The number of carbonyl (C=O) groups excluding carboxylic acids is 1. The Kier molecular flexibility index (Phi) is 3.29. The molecule has 0 saturated heterocycles. The van der Waals surface area contributed by atoms with E-state index in [2.05, 4.69) is 10.3 Å². The molecule has 0 fully saturated rings. The van der Waals surface area contributed by atoms with E-state index in [1.807, 2.05) is 42.5 Å². The molecule has 0 aliphatic heterocycles. The molecule has 4 nitrogen and oxygen atoms in total. The van der Waals surface area contributed by atoms with Crippen LogP contribution in [-0.4, -0.2) is 11.1 Å². The van der Waals surface area contributed by atoms with E-state index in [0.29, 0.717) is 11.4 Å². The Balaban J connectivity index is 1.81. The molecular weight excluding hydrogens is 252 g/mol. The predicted molar refractivity (Wildman–Crippen MR) is 77.8 cm³/mol. The molecule has 0 aliphatic rings. The Labute approximate surface area is 116 Å². The highest BCUT2D eigenvalue weighted by Crippen LogP contribution is 2.21. The molecule has 0 unspecified atom stereocenters. The van der Waals surface area contributed by atoms with E-state index in [9.17, 15) is 4.79 Å². The average Bonchev–Trinajstić information content (AvgIpc) is 2.48. The second-order valence-electron chi connectivity index (χ2n) is 4.20. The molecule has 4 heteroatoms. The lowest BCUT2D eigenvalue weighted by Gasteiger charge is -2.08. The predicted octanol–water partition coefficient (Wildman–Crippen LogP) is 3.85. The molecule has 0 aliphatic carbocycles. The van der Waals surface area contributed by atoms with Gasteiger partial charge in [-0.3, -0.25) is 10.3 Å². The summed E-state index contributed by atoms with van der Waals surface area (Å²) < 4.78 is 5.20. The third kappa shape index (κ3) is 2.59. The van der Waals surface area contributed by atoms with Crippen molar-refractivity contribution in [2.75, 3.05) is 5.32 Å². The molecule has 0 spiro atoms. The number of hydrogen-bond donors (Lipinski definition) is 1. The number of pyridine rings is 1. The number of aromatic nitrogens is 1. The summed E-state index contributed by atoms with van der Waals surface area (Å²) in [6, 6.07) is 18.3. The third-order valence-corrected chi connectivity index (χ3v) is 2.84. The number of ether oxygens (including phenoxy) is 1. The number of anilines is 1. The van der Waals surface area contributed by atoms with Gasteiger partial charge in [-0.2, -0.15) is 0 Å². The van der Waals surface area contributed by atoms with Crippen LogP contribution in [0.25, 0.3) is 10.9 Å². The maximum Gasteiger partial charge on any atom is 0.417 e. The zero-order chi connectivity index (χ0) is 13.8. The smallest absolute Gasteiger partial charge is 0.410 e. The summed E-state index contributed by atoms with van der Waals surface area (Å²) in [5, 5.41) is 3.61. The van der Waals surface area contributed by atoms with E-state index in [-0.39, 0.29) is 0 Å². The lowest BCUT2D eigenvalue weighted by Crippen LogP contribution is -2.16. The fourth-order valence-electron chi connectivity index (χ4n) is 1.94. The molecule has 98 valence electrons. The van der Waals surface area contributed by atoms with Gasteiger partial charge in [0.25, 0.3) is 0 Å². The first kappa shape index (κ1) is 12.2. The number of para-hydroxylation sites is 2. The van der Waals surface area contributed by atoms with E-state index in [4.69, 9.17) is 4.74 Å². The highest BCUT2D eigenvalue weighted by atomic mass is 16.6. The van der Waals surface area contributed by atoms with Crippen molar-refractivity contribution in [3.8, 4) is 5.75 Å². The van der Waals surface area contributed by atoms with Crippen molar-refractivity contribution in [2.24, 2.45) is 0 Å². The Morgan fingerprint density at radius 2 is 1.70 bits per heavy atom. The number of nitrogens with one attached hydrogen (secondary N) is 1. The topological polar surface area (TPSA) is 51.2 Å². The van der Waals surface area contributed by atoms with E-state index in [1.54, 1.807) is 24.4 Å². The molecule has 0 atom stereocenters. The number of benzene rings is 2. The zero-order valence-electron chi connectivity index (χ0n) is 10.6. The molecule has 0 radical (unpaired) electrons. The first-order valence-electron chi connectivity index (χ1n) is 6.20. The molecule has 1 N–H and O–H groups in total. The summed E-state index contributed by atoms with van der Waals surface area (Å²) in [4.78, 5) is 16.1. The van der Waals surface area contributed by atoms with Gasteiger partial charge in [-0.1, -0.05) is 36.4 Å². The number of nitrogens with zero attached hydrogens (tertiary/aromatic N) is 1. The van der Waals surface area contributed by atoms with Gasteiger partial charge in [0.2, 0.25) is 0 Å². The number of fused-ring (bicyclic) bond motifs is 1. The molecule has 2 aromatic carbocycles. The maximum absolute atomic E-state index is 11.9. The van der Waals surface area contributed by atoms with E-state index in [1.165, 1.54) is 0 Å². The zero-order valence-corrected chi connectivity index (χ0v) is 10.6. The highest BCUT2D eigenvalue weighted by Gasteiger charge is 2.07. The Morgan fingerprint density at radius 3 is 2.55 bits per heavy atom. The average molecular weight is 264 g/mol. The van der Waals surface area contributed by atoms with Crippen molar-refractivity contribution in [1.82, 2.24) is 4.98 Å². The fourth-order valence-corrected chi connectivity index (χ4v) is 1.94. The monoisotopic (exact) mass is 264 g/mol. The first-order chi connectivity index (χ1) is 9.83. The van der Waals surface area contributed by atoms with Crippen LogP contribution in [0.3, 0.4) is 0 Å². The van der Waals surface area contributed by atoms with Crippen LogP contribution in [0.1, 0.15) is 0 Å². The third-order valence-electron chi connectivity index (χ3n) is 2.84. The van der Waals surface area contributed by atoms with E-state index in [0.717, 1.165) is 10.9 Å². The van der Waals surface area contributed by atoms with Gasteiger partial charge in [-0.05, 0) is 24.3 Å². The van der Waals surface area contributed by atoms with E-state index < -0.39 is 6.09 Å². The van der Waals surface area contributed by atoms with Gasteiger partial charge >= 0.3 is 6.09 Å². The van der Waals surface area contributed by atoms with Crippen molar-refractivity contribution in [3.05, 3.63) is 66.9 Å². The quantitative estimate of drug-likeness (QED) is 0.765.